The fourth-order valence-corrected chi connectivity index (χ4v) is 3.76. The van der Waals surface area contributed by atoms with Crippen LogP contribution in [0.4, 0.5) is 0 Å². The van der Waals surface area contributed by atoms with Crippen LogP contribution >= 0.6 is 0 Å². The van der Waals surface area contributed by atoms with Gasteiger partial charge in [0.1, 0.15) is 0 Å². The third-order valence-corrected chi connectivity index (χ3v) is 5.27. The summed E-state index contributed by atoms with van der Waals surface area (Å²) in [7, 11) is 0. The molecule has 0 radical (unpaired) electrons. The molecule has 5 atom stereocenters. The predicted octanol–water partition coefficient (Wildman–Crippen LogP) is 0.661. The van der Waals surface area contributed by atoms with Gasteiger partial charge in [0.2, 0.25) is 5.91 Å². The number of piperidine rings is 1. The fraction of sp³-hybridized carbons (Fsp3) is 0.941. The van der Waals surface area contributed by atoms with Crippen LogP contribution in [0.25, 0.3) is 0 Å². The first kappa shape index (κ1) is 18.6. The molecule has 2 aliphatic heterocycles. The maximum atomic E-state index is 12.4. The summed E-state index contributed by atoms with van der Waals surface area (Å²) >= 11 is 0. The zero-order chi connectivity index (χ0) is 16.8. The smallest absolute Gasteiger partial charge is 0.226 e. The maximum Gasteiger partial charge on any atom is 0.226 e. The van der Waals surface area contributed by atoms with Crippen LogP contribution in [0.5, 0.6) is 0 Å². The molecule has 0 aliphatic carbocycles. The van der Waals surface area contributed by atoms with Gasteiger partial charge in [0, 0.05) is 25.2 Å². The molecular weight excluding hydrogens is 290 g/mol. The largest absolute Gasteiger partial charge is 0.356 e. The van der Waals surface area contributed by atoms with Gasteiger partial charge in [-0.1, -0.05) is 13.8 Å². The van der Waals surface area contributed by atoms with Crippen LogP contribution in [0.1, 0.15) is 47.0 Å². The molecule has 0 aromatic heterocycles. The van der Waals surface area contributed by atoms with Gasteiger partial charge in [0.25, 0.3) is 0 Å². The summed E-state index contributed by atoms with van der Waals surface area (Å²) in [4.78, 5) is 12.4. The van der Waals surface area contributed by atoms with E-state index in [4.69, 9.17) is 0 Å². The SMILES string of the molecule is CCN1NC(C)C(C(=O)NCCCNC2CCC(C)CN2)C1C. The van der Waals surface area contributed by atoms with Crippen LogP contribution in [-0.4, -0.2) is 55.3 Å². The predicted molar refractivity (Wildman–Crippen MR) is 93.7 cm³/mol. The molecule has 1 amide bonds. The topological polar surface area (TPSA) is 68.4 Å². The maximum absolute atomic E-state index is 12.4. The van der Waals surface area contributed by atoms with Crippen molar-refractivity contribution in [2.45, 2.75) is 65.2 Å². The molecule has 2 heterocycles. The molecule has 134 valence electrons. The van der Waals surface area contributed by atoms with Gasteiger partial charge >= 0.3 is 0 Å². The van der Waals surface area contributed by atoms with Crippen LogP contribution < -0.4 is 21.4 Å². The van der Waals surface area contributed by atoms with Crippen LogP contribution in [-0.2, 0) is 4.79 Å². The quantitative estimate of drug-likeness (QED) is 0.518. The van der Waals surface area contributed by atoms with E-state index in [1.807, 2.05) is 0 Å². The van der Waals surface area contributed by atoms with E-state index in [-0.39, 0.29) is 23.9 Å². The Morgan fingerprint density at radius 2 is 2.00 bits per heavy atom. The van der Waals surface area contributed by atoms with Gasteiger partial charge in [-0.3, -0.25) is 10.2 Å². The standard InChI is InChI=1S/C17H35N5O/c1-5-22-14(4)16(13(3)21-22)17(23)19-10-6-9-18-15-8-7-12(2)11-20-15/h12-16,18,20-21H,5-11H2,1-4H3,(H,19,23). The Morgan fingerprint density at radius 1 is 1.22 bits per heavy atom. The zero-order valence-corrected chi connectivity index (χ0v) is 15.2. The first-order valence-electron chi connectivity index (χ1n) is 9.30. The van der Waals surface area contributed by atoms with E-state index in [2.05, 4.69) is 54.1 Å². The molecule has 2 rings (SSSR count). The van der Waals surface area contributed by atoms with E-state index in [9.17, 15) is 4.79 Å². The summed E-state index contributed by atoms with van der Waals surface area (Å²) in [5, 5.41) is 12.3. The van der Waals surface area contributed by atoms with Crippen molar-refractivity contribution in [2.24, 2.45) is 11.8 Å². The number of carbonyl (C=O) groups excluding carboxylic acids is 1. The second-order valence-corrected chi connectivity index (χ2v) is 7.21. The first-order valence-corrected chi connectivity index (χ1v) is 9.30. The Bertz CT molecular complexity index is 370. The highest BCUT2D eigenvalue weighted by atomic mass is 16.2. The molecule has 2 aliphatic rings. The van der Waals surface area contributed by atoms with Crippen molar-refractivity contribution in [2.75, 3.05) is 26.2 Å². The minimum Gasteiger partial charge on any atom is -0.356 e. The van der Waals surface area contributed by atoms with Crippen molar-refractivity contribution in [3.05, 3.63) is 0 Å². The summed E-state index contributed by atoms with van der Waals surface area (Å²) in [6, 6.07) is 0.457. The molecule has 0 saturated carbocycles. The molecule has 4 N–H and O–H groups in total. The highest BCUT2D eigenvalue weighted by molar-refractivity contribution is 5.80. The average molecular weight is 326 g/mol. The molecule has 5 unspecified atom stereocenters. The molecule has 0 aromatic carbocycles. The highest BCUT2D eigenvalue weighted by Gasteiger charge is 2.40. The van der Waals surface area contributed by atoms with Gasteiger partial charge in [0.15, 0.2) is 0 Å². The lowest BCUT2D eigenvalue weighted by Gasteiger charge is -2.28. The molecule has 23 heavy (non-hydrogen) atoms. The minimum absolute atomic E-state index is 0.0319. The van der Waals surface area contributed by atoms with Crippen molar-refractivity contribution in [1.82, 2.24) is 26.4 Å². The summed E-state index contributed by atoms with van der Waals surface area (Å²) < 4.78 is 0. The van der Waals surface area contributed by atoms with Crippen molar-refractivity contribution in [3.63, 3.8) is 0 Å². The minimum atomic E-state index is 0.0319. The fourth-order valence-electron chi connectivity index (χ4n) is 3.76. The van der Waals surface area contributed by atoms with Crippen LogP contribution in [0, 0.1) is 11.8 Å². The monoisotopic (exact) mass is 325 g/mol. The average Bonchev–Trinajstić information content (AvgIpc) is 2.82. The number of hydrogen-bond donors (Lipinski definition) is 4. The van der Waals surface area contributed by atoms with Crippen molar-refractivity contribution < 1.29 is 4.79 Å². The number of hydrazine groups is 1. The third kappa shape index (κ3) is 5.14. The number of amides is 1. The lowest BCUT2D eigenvalue weighted by Crippen LogP contribution is -2.48. The number of nitrogens with zero attached hydrogens (tertiary/aromatic N) is 1. The molecule has 0 bridgehead atoms. The lowest BCUT2D eigenvalue weighted by atomic mass is 9.95. The van der Waals surface area contributed by atoms with Crippen molar-refractivity contribution >= 4 is 5.91 Å². The van der Waals surface area contributed by atoms with Crippen LogP contribution in [0.2, 0.25) is 0 Å². The second kappa shape index (κ2) is 8.97. The van der Waals surface area contributed by atoms with Gasteiger partial charge < -0.3 is 16.0 Å². The molecule has 6 nitrogen and oxygen atoms in total. The van der Waals surface area contributed by atoms with Crippen LogP contribution in [0.3, 0.4) is 0 Å². The van der Waals surface area contributed by atoms with Gasteiger partial charge in [-0.25, -0.2) is 5.01 Å². The second-order valence-electron chi connectivity index (χ2n) is 7.21. The zero-order valence-electron chi connectivity index (χ0n) is 15.2. The van der Waals surface area contributed by atoms with Crippen LogP contribution in [0.15, 0.2) is 0 Å². The number of rotatable bonds is 7. The Kier molecular flexibility index (Phi) is 7.27. The Labute approximate surface area is 141 Å². The summed E-state index contributed by atoms with van der Waals surface area (Å²) in [5.41, 5.74) is 3.38. The number of carbonyl (C=O) groups is 1. The molecule has 0 aromatic rings. The molecule has 0 spiro atoms. The van der Waals surface area contributed by atoms with E-state index in [0.29, 0.717) is 6.17 Å². The van der Waals surface area contributed by atoms with Gasteiger partial charge in [-0.15, -0.1) is 0 Å². The first-order chi connectivity index (χ1) is 11.0. The lowest BCUT2D eigenvalue weighted by molar-refractivity contribution is -0.125. The third-order valence-electron chi connectivity index (χ3n) is 5.27. The molecule has 6 heteroatoms. The molecular formula is C17H35N5O. The normalized spacial score (nSPS) is 35.4. The highest BCUT2D eigenvalue weighted by Crippen LogP contribution is 2.21. The Balaban J connectivity index is 1.60. The summed E-state index contributed by atoms with van der Waals surface area (Å²) in [5.74, 6) is 1.00. The van der Waals surface area contributed by atoms with Crippen molar-refractivity contribution in [1.29, 1.82) is 0 Å². The number of hydrogen-bond acceptors (Lipinski definition) is 5. The summed E-state index contributed by atoms with van der Waals surface area (Å²) in [6.07, 6.45) is 3.90. The van der Waals surface area contributed by atoms with Gasteiger partial charge in [-0.05, 0) is 52.1 Å². The summed E-state index contributed by atoms with van der Waals surface area (Å²) in [6.45, 7) is 12.3. The number of nitrogens with one attached hydrogen (secondary N) is 4. The van der Waals surface area contributed by atoms with E-state index < -0.39 is 0 Å². The Morgan fingerprint density at radius 3 is 2.61 bits per heavy atom. The van der Waals surface area contributed by atoms with Gasteiger partial charge in [-0.2, -0.15) is 0 Å². The Hall–Kier alpha value is -0.690. The molecule has 2 saturated heterocycles. The van der Waals surface area contributed by atoms with E-state index in [1.54, 1.807) is 0 Å². The molecule has 2 fully saturated rings. The van der Waals surface area contributed by atoms with Crippen molar-refractivity contribution in [3.8, 4) is 0 Å². The van der Waals surface area contributed by atoms with E-state index in [0.717, 1.165) is 38.5 Å². The van der Waals surface area contributed by atoms with E-state index >= 15 is 0 Å². The van der Waals surface area contributed by atoms with Gasteiger partial charge in [0.05, 0.1) is 12.1 Å². The van der Waals surface area contributed by atoms with E-state index in [1.165, 1.54) is 12.8 Å².